The molecule has 11 heteroatoms. The van der Waals surface area contributed by atoms with E-state index in [0.29, 0.717) is 11.0 Å². The van der Waals surface area contributed by atoms with E-state index in [1.165, 1.54) is 19.7 Å². The fourth-order valence-corrected chi connectivity index (χ4v) is 2.76. The number of nitrogens with one attached hydrogen (secondary N) is 3. The van der Waals surface area contributed by atoms with Crippen molar-refractivity contribution in [2.45, 2.75) is 0 Å². The number of nitrogens with two attached hydrogens (primary N) is 1. The number of nitrogens with zero attached hydrogens (tertiary/aromatic N) is 4. The number of aromatic nitrogens is 4. The molecule has 4 rings (SSSR count). The highest BCUT2D eigenvalue weighted by atomic mass is 35.5. The summed E-state index contributed by atoms with van der Waals surface area (Å²) < 4.78 is 10.2. The maximum Gasteiger partial charge on any atom is 0.135 e. The summed E-state index contributed by atoms with van der Waals surface area (Å²) in [6, 6.07) is 18.7. The number of halogens is 1. The molecular weight excluding hydrogens is 468 g/mol. The Balaban J connectivity index is 0.000000231. The number of hydrogen-bond donors (Lipinski definition) is 4. The summed E-state index contributed by atoms with van der Waals surface area (Å²) in [6.45, 7) is 0. The van der Waals surface area contributed by atoms with Gasteiger partial charge in [0.1, 0.15) is 46.8 Å². The lowest BCUT2D eigenvalue weighted by molar-refractivity contribution is 0.415. The Morgan fingerprint density at radius 2 is 1.09 bits per heavy atom. The van der Waals surface area contributed by atoms with E-state index in [4.69, 9.17) is 21.1 Å². The van der Waals surface area contributed by atoms with E-state index in [9.17, 15) is 0 Å². The van der Waals surface area contributed by atoms with Crippen molar-refractivity contribution < 1.29 is 9.47 Å². The Kier molecular flexibility index (Phi) is 11.5. The third-order valence-corrected chi connectivity index (χ3v) is 4.49. The fraction of sp³-hybridized carbons (Fsp3) is 0.167. The lowest BCUT2D eigenvalue weighted by atomic mass is 10.3. The summed E-state index contributed by atoms with van der Waals surface area (Å²) in [5.41, 5.74) is 6.36. The molecule has 0 unspecified atom stereocenters. The number of rotatable bonds is 7. The van der Waals surface area contributed by atoms with Crippen LogP contribution in [0.1, 0.15) is 0 Å². The van der Waals surface area contributed by atoms with Crippen molar-refractivity contribution in [3.63, 3.8) is 0 Å². The molecule has 2 aromatic carbocycles. The molecule has 10 nitrogen and oxygen atoms in total. The normalized spacial score (nSPS) is 9.43. The van der Waals surface area contributed by atoms with E-state index >= 15 is 0 Å². The first-order valence-corrected chi connectivity index (χ1v) is 10.8. The van der Waals surface area contributed by atoms with Gasteiger partial charge in [0, 0.05) is 30.6 Å². The van der Waals surface area contributed by atoms with Gasteiger partial charge in [-0.25, -0.2) is 19.9 Å². The van der Waals surface area contributed by atoms with Gasteiger partial charge >= 0.3 is 0 Å². The van der Waals surface area contributed by atoms with Crippen LogP contribution < -0.4 is 31.2 Å². The van der Waals surface area contributed by atoms with Crippen LogP contribution in [0.15, 0.2) is 73.3 Å². The molecular formula is C24H29ClN8O2. The van der Waals surface area contributed by atoms with Gasteiger partial charge in [-0.15, -0.1) is 0 Å². The largest absolute Gasteiger partial charge is 0.497 e. The Morgan fingerprint density at radius 3 is 1.51 bits per heavy atom. The molecule has 4 aromatic rings. The van der Waals surface area contributed by atoms with Crippen LogP contribution in [-0.4, -0.2) is 48.3 Å². The average Bonchev–Trinajstić information content (AvgIpc) is 2.91. The third kappa shape index (κ3) is 9.32. The maximum absolute atomic E-state index is 5.75. The minimum atomic E-state index is 0.408. The number of benzene rings is 2. The highest BCUT2D eigenvalue weighted by Crippen LogP contribution is 2.20. The second-order valence-corrected chi connectivity index (χ2v) is 6.86. The zero-order chi connectivity index (χ0) is 25.5. The second kappa shape index (κ2) is 14.9. The van der Waals surface area contributed by atoms with Gasteiger partial charge in [0.05, 0.1) is 14.2 Å². The van der Waals surface area contributed by atoms with E-state index in [1.807, 2.05) is 61.6 Å². The second-order valence-electron chi connectivity index (χ2n) is 6.47. The molecule has 0 atom stereocenters. The number of ether oxygens (including phenoxy) is 2. The van der Waals surface area contributed by atoms with Crippen LogP contribution >= 0.6 is 11.6 Å². The third-order valence-electron chi connectivity index (χ3n) is 4.28. The summed E-state index contributed by atoms with van der Waals surface area (Å²) in [7, 11) is 6.60. The zero-order valence-corrected chi connectivity index (χ0v) is 20.7. The van der Waals surface area contributed by atoms with E-state index in [-0.39, 0.29) is 0 Å². The van der Waals surface area contributed by atoms with Crippen LogP contribution in [0.25, 0.3) is 0 Å². The number of methoxy groups -OCH3 is 2. The van der Waals surface area contributed by atoms with Crippen LogP contribution in [0.4, 0.5) is 28.8 Å². The van der Waals surface area contributed by atoms with E-state index in [1.54, 1.807) is 20.3 Å². The molecule has 0 amide bonds. The molecule has 0 spiro atoms. The summed E-state index contributed by atoms with van der Waals surface area (Å²) in [5.74, 6) is 3.82. The Bertz CT molecular complexity index is 1140. The molecule has 35 heavy (non-hydrogen) atoms. The van der Waals surface area contributed by atoms with Gasteiger partial charge in [-0.2, -0.15) is 0 Å². The Labute approximate surface area is 209 Å². The molecule has 0 saturated heterocycles. The number of anilines is 5. The van der Waals surface area contributed by atoms with E-state index in [0.717, 1.165) is 34.5 Å². The minimum Gasteiger partial charge on any atom is -0.497 e. The molecule has 0 aliphatic rings. The van der Waals surface area contributed by atoms with Gasteiger partial charge in [0.25, 0.3) is 0 Å². The van der Waals surface area contributed by atoms with Crippen molar-refractivity contribution >= 4 is 40.4 Å². The molecule has 5 N–H and O–H groups in total. The van der Waals surface area contributed by atoms with Crippen molar-refractivity contribution in [3.05, 3.63) is 78.5 Å². The van der Waals surface area contributed by atoms with Crippen LogP contribution in [0, 0.1) is 0 Å². The maximum atomic E-state index is 5.75. The standard InChI is InChI=1S/C12H14N4O.C11H10ClN3O.CH5N/c1-13-11-7-12(15-8-14-11)16-9-3-5-10(17-2)6-4-9;1-16-9-4-2-8(3-5-9)15-11-6-10(12)13-7-14-11;1-2/h3-8H,1-2H3,(H2,13,14,15,16);2-7H,1H3,(H,13,14,15);2H2,1H3. The number of hydrogen-bond acceptors (Lipinski definition) is 10. The molecule has 0 aliphatic heterocycles. The van der Waals surface area contributed by atoms with Crippen molar-refractivity contribution in [2.24, 2.45) is 5.73 Å². The van der Waals surface area contributed by atoms with Gasteiger partial charge < -0.3 is 31.2 Å². The van der Waals surface area contributed by atoms with Crippen LogP contribution in [0.2, 0.25) is 5.15 Å². The molecule has 184 valence electrons. The average molecular weight is 497 g/mol. The molecule has 0 fully saturated rings. The van der Waals surface area contributed by atoms with Crippen molar-refractivity contribution in [3.8, 4) is 11.5 Å². The summed E-state index contributed by atoms with van der Waals surface area (Å²) in [4.78, 5) is 16.0. The Hall–Kier alpha value is -4.15. The predicted octanol–water partition coefficient (Wildman–Crippen LogP) is 4.73. The first kappa shape index (κ1) is 27.1. The van der Waals surface area contributed by atoms with Crippen molar-refractivity contribution in [1.29, 1.82) is 0 Å². The molecule has 0 bridgehead atoms. The van der Waals surface area contributed by atoms with Crippen LogP contribution in [0.5, 0.6) is 11.5 Å². The highest BCUT2D eigenvalue weighted by Gasteiger charge is 1.99. The summed E-state index contributed by atoms with van der Waals surface area (Å²) >= 11 is 5.75. The first-order chi connectivity index (χ1) is 17.1. The predicted molar refractivity (Wildman–Crippen MR) is 141 cm³/mol. The monoisotopic (exact) mass is 496 g/mol. The minimum absolute atomic E-state index is 0.408. The van der Waals surface area contributed by atoms with E-state index < -0.39 is 0 Å². The van der Waals surface area contributed by atoms with Crippen molar-refractivity contribution in [1.82, 2.24) is 19.9 Å². The summed E-state index contributed by atoms with van der Waals surface area (Å²) in [6.07, 6.45) is 2.92. The van der Waals surface area contributed by atoms with Gasteiger partial charge in [0.2, 0.25) is 0 Å². The zero-order valence-electron chi connectivity index (χ0n) is 20.0. The van der Waals surface area contributed by atoms with Gasteiger partial charge in [-0.3, -0.25) is 0 Å². The Morgan fingerprint density at radius 1 is 0.657 bits per heavy atom. The quantitative estimate of drug-likeness (QED) is 0.266. The van der Waals surface area contributed by atoms with Crippen LogP contribution in [0.3, 0.4) is 0 Å². The topological polar surface area (TPSA) is 132 Å². The first-order valence-electron chi connectivity index (χ1n) is 10.5. The lowest BCUT2D eigenvalue weighted by Crippen LogP contribution is -1.97. The highest BCUT2D eigenvalue weighted by molar-refractivity contribution is 6.29. The molecule has 0 aliphatic carbocycles. The summed E-state index contributed by atoms with van der Waals surface area (Å²) in [5, 5.41) is 9.66. The fourth-order valence-electron chi connectivity index (χ4n) is 2.61. The molecule has 0 saturated carbocycles. The smallest absolute Gasteiger partial charge is 0.135 e. The van der Waals surface area contributed by atoms with Gasteiger partial charge in [0.15, 0.2) is 0 Å². The SMILES string of the molecule is CN.CNc1cc(Nc2ccc(OC)cc2)ncn1.COc1ccc(Nc2cc(Cl)ncn2)cc1. The molecule has 0 radical (unpaired) electrons. The van der Waals surface area contributed by atoms with Gasteiger partial charge in [-0.1, -0.05) is 11.6 Å². The molecule has 2 heterocycles. The van der Waals surface area contributed by atoms with E-state index in [2.05, 4.69) is 41.6 Å². The molecule has 2 aromatic heterocycles. The van der Waals surface area contributed by atoms with Crippen LogP contribution in [-0.2, 0) is 0 Å². The van der Waals surface area contributed by atoms with Gasteiger partial charge in [-0.05, 0) is 55.6 Å². The lowest BCUT2D eigenvalue weighted by Gasteiger charge is -2.07. The van der Waals surface area contributed by atoms with Crippen molar-refractivity contribution in [2.75, 3.05) is 44.3 Å².